The third-order valence-electron chi connectivity index (χ3n) is 6.92. The minimum Gasteiger partial charge on any atom is -0.486 e. The van der Waals surface area contributed by atoms with Crippen molar-refractivity contribution in [2.24, 2.45) is 4.99 Å². The second-order valence-electron chi connectivity index (χ2n) is 9.97. The van der Waals surface area contributed by atoms with Crippen molar-refractivity contribution in [3.05, 3.63) is 137 Å². The van der Waals surface area contributed by atoms with E-state index in [0.29, 0.717) is 55.1 Å². The van der Waals surface area contributed by atoms with Crippen LogP contribution in [0.4, 0.5) is 10.1 Å². The summed E-state index contributed by atoms with van der Waals surface area (Å²) in [6.45, 7) is 5.54. The zero-order chi connectivity index (χ0) is 30.2. The molecular weight excluding hydrogens is 593 g/mol. The lowest BCUT2D eigenvalue weighted by atomic mass is 10.00. The van der Waals surface area contributed by atoms with Crippen LogP contribution in [0.5, 0.6) is 5.75 Å². The first-order chi connectivity index (χ1) is 20.7. The van der Waals surface area contributed by atoms with Crippen molar-refractivity contribution >= 4 is 40.6 Å². The Kier molecular flexibility index (Phi) is 7.64. The van der Waals surface area contributed by atoms with Crippen molar-refractivity contribution in [2.45, 2.75) is 33.4 Å². The van der Waals surface area contributed by atoms with Crippen LogP contribution in [0.25, 0.3) is 6.08 Å². The number of hydrogen-bond donors (Lipinski definition) is 1. The number of carbonyl (C=O) groups excluding carboxylic acids is 1. The number of allylic oxidation sites excluding steroid dienone is 1. The molecule has 3 aromatic heterocycles. The number of aromatic nitrogens is 1. The van der Waals surface area contributed by atoms with Crippen LogP contribution < -0.4 is 24.9 Å². The van der Waals surface area contributed by atoms with Crippen LogP contribution in [0.3, 0.4) is 0 Å². The van der Waals surface area contributed by atoms with Crippen LogP contribution in [-0.2, 0) is 11.4 Å². The molecule has 43 heavy (non-hydrogen) atoms. The quantitative estimate of drug-likeness (QED) is 0.240. The molecule has 0 saturated carbocycles. The summed E-state index contributed by atoms with van der Waals surface area (Å²) in [5, 5.41) is 2.94. The van der Waals surface area contributed by atoms with Crippen LogP contribution in [0, 0.1) is 19.7 Å². The number of amides is 1. The largest absolute Gasteiger partial charge is 0.486 e. The van der Waals surface area contributed by atoms with Gasteiger partial charge in [-0.15, -0.1) is 0 Å². The lowest BCUT2D eigenvalue weighted by molar-refractivity contribution is -0.113. The average Bonchev–Trinajstić information content (AvgIpc) is 3.69. The lowest BCUT2D eigenvalue weighted by Gasteiger charge is -2.23. The molecule has 2 aromatic carbocycles. The Labute approximate surface area is 254 Å². The first kappa shape index (κ1) is 28.4. The molecule has 0 saturated heterocycles. The summed E-state index contributed by atoms with van der Waals surface area (Å²) in [4.78, 5) is 32.6. The van der Waals surface area contributed by atoms with Crippen LogP contribution in [0.15, 0.2) is 96.6 Å². The number of nitrogens with one attached hydrogen (secondary N) is 1. The summed E-state index contributed by atoms with van der Waals surface area (Å²) in [5.74, 6) is 1.51. The zero-order valence-corrected chi connectivity index (χ0v) is 24.9. The third kappa shape index (κ3) is 5.71. The highest BCUT2D eigenvalue weighted by Gasteiger charge is 2.34. The molecule has 0 fully saturated rings. The Morgan fingerprint density at radius 3 is 2.67 bits per heavy atom. The molecule has 6 rings (SSSR count). The van der Waals surface area contributed by atoms with Crippen molar-refractivity contribution in [1.82, 2.24) is 4.57 Å². The van der Waals surface area contributed by atoms with E-state index < -0.39 is 11.9 Å². The molecule has 0 aliphatic carbocycles. The highest BCUT2D eigenvalue weighted by atomic mass is 35.5. The number of halogens is 2. The minimum absolute atomic E-state index is 0.0397. The van der Waals surface area contributed by atoms with Crippen molar-refractivity contribution in [2.75, 3.05) is 5.32 Å². The van der Waals surface area contributed by atoms with Crippen molar-refractivity contribution in [1.29, 1.82) is 0 Å². The Balaban J connectivity index is 1.34. The molecule has 8 nitrogen and oxygen atoms in total. The van der Waals surface area contributed by atoms with E-state index in [4.69, 9.17) is 25.2 Å². The number of nitrogens with zero attached hydrogens (tertiary/aromatic N) is 2. The molecule has 0 radical (unpaired) electrons. The molecule has 1 aliphatic rings. The van der Waals surface area contributed by atoms with Gasteiger partial charge in [-0.05, 0) is 68.8 Å². The summed E-state index contributed by atoms with van der Waals surface area (Å²) in [7, 11) is 0. The van der Waals surface area contributed by atoms with E-state index in [9.17, 15) is 14.0 Å². The van der Waals surface area contributed by atoms with E-state index in [-0.39, 0.29) is 23.1 Å². The van der Waals surface area contributed by atoms with E-state index in [2.05, 4.69) is 10.3 Å². The zero-order valence-electron chi connectivity index (χ0n) is 23.3. The van der Waals surface area contributed by atoms with Gasteiger partial charge in [0, 0.05) is 17.8 Å². The second-order valence-corrected chi connectivity index (χ2v) is 11.4. The van der Waals surface area contributed by atoms with Crippen LogP contribution in [0.2, 0.25) is 5.02 Å². The summed E-state index contributed by atoms with van der Waals surface area (Å²) in [5.41, 5.74) is 2.03. The molecule has 1 amide bonds. The van der Waals surface area contributed by atoms with Gasteiger partial charge in [0.2, 0.25) is 0 Å². The van der Waals surface area contributed by atoms with Gasteiger partial charge in [-0.1, -0.05) is 41.1 Å². The minimum atomic E-state index is -0.820. The Bertz CT molecular complexity index is 2090. The van der Waals surface area contributed by atoms with Gasteiger partial charge >= 0.3 is 0 Å². The molecular formula is C32H25ClFN3O5S. The lowest BCUT2D eigenvalue weighted by Crippen LogP contribution is -2.40. The van der Waals surface area contributed by atoms with Crippen LogP contribution >= 0.6 is 22.9 Å². The molecule has 1 N–H and O–H groups in total. The van der Waals surface area contributed by atoms with Gasteiger partial charge in [0.25, 0.3) is 11.5 Å². The van der Waals surface area contributed by atoms with E-state index in [1.54, 1.807) is 44.2 Å². The summed E-state index contributed by atoms with van der Waals surface area (Å²) in [6, 6.07) is 17.7. The monoisotopic (exact) mass is 617 g/mol. The maximum atomic E-state index is 13.8. The first-order valence-electron chi connectivity index (χ1n) is 13.3. The number of ether oxygens (including phenoxy) is 1. The fraction of sp³-hybridized carbons (Fsp3) is 0.156. The molecule has 1 aliphatic heterocycles. The van der Waals surface area contributed by atoms with Gasteiger partial charge in [0.05, 0.1) is 20.8 Å². The normalized spacial score (nSPS) is 14.9. The van der Waals surface area contributed by atoms with Crippen molar-refractivity contribution in [3.63, 3.8) is 0 Å². The number of aryl methyl sites for hydroxylation is 2. The second kappa shape index (κ2) is 11.5. The number of rotatable bonds is 7. The van der Waals surface area contributed by atoms with Gasteiger partial charge < -0.3 is 18.9 Å². The predicted octanol–water partition coefficient (Wildman–Crippen LogP) is 6.05. The van der Waals surface area contributed by atoms with Gasteiger partial charge in [0.15, 0.2) is 4.80 Å². The molecule has 218 valence electrons. The standard InChI is InChI=1S/C32H25ClFN3O5S/c1-17-6-4-5-7-25(17)36-30(38)28-19(3)35-32-37(29(28)26-13-8-18(2)41-26)31(39)27(43-32)15-21-9-10-22(42-21)16-40-20-11-12-24(34)23(33)14-20/h4-15,29H,16H2,1-3H3,(H,36,38)/b27-15+. The van der Waals surface area contributed by atoms with Gasteiger partial charge in [-0.2, -0.15) is 0 Å². The molecule has 0 spiro atoms. The Hall–Kier alpha value is -4.67. The number of carbonyl (C=O) groups is 1. The maximum Gasteiger partial charge on any atom is 0.271 e. The number of anilines is 1. The Morgan fingerprint density at radius 2 is 1.93 bits per heavy atom. The number of fused-ring (bicyclic) bond motifs is 1. The SMILES string of the molecule is CC1=C(C(=O)Nc2ccccc2C)C(c2ccc(C)o2)n2c(s/c(=C/c3ccc(COc4ccc(F)c(Cl)c4)o3)c2=O)=N1. The molecule has 11 heteroatoms. The van der Waals surface area contributed by atoms with E-state index in [1.807, 2.05) is 31.2 Å². The van der Waals surface area contributed by atoms with Crippen LogP contribution in [-0.4, -0.2) is 10.5 Å². The number of hydrogen-bond acceptors (Lipinski definition) is 7. The topological polar surface area (TPSA) is 99.0 Å². The van der Waals surface area contributed by atoms with E-state index in [0.717, 1.165) is 5.56 Å². The molecule has 4 heterocycles. The van der Waals surface area contributed by atoms with Gasteiger partial charge in [0.1, 0.15) is 47.3 Å². The average molecular weight is 618 g/mol. The molecule has 5 aromatic rings. The predicted molar refractivity (Wildman–Crippen MR) is 161 cm³/mol. The van der Waals surface area contributed by atoms with E-state index >= 15 is 0 Å². The number of benzene rings is 2. The Morgan fingerprint density at radius 1 is 1.12 bits per heavy atom. The molecule has 0 bridgehead atoms. The summed E-state index contributed by atoms with van der Waals surface area (Å²) < 4.78 is 32.8. The van der Waals surface area contributed by atoms with Gasteiger partial charge in [-0.3, -0.25) is 14.2 Å². The smallest absolute Gasteiger partial charge is 0.271 e. The highest BCUT2D eigenvalue weighted by Crippen LogP contribution is 2.32. The maximum absolute atomic E-state index is 13.8. The third-order valence-corrected chi connectivity index (χ3v) is 8.19. The van der Waals surface area contributed by atoms with Crippen molar-refractivity contribution < 1.29 is 22.8 Å². The van der Waals surface area contributed by atoms with Crippen molar-refractivity contribution in [3.8, 4) is 5.75 Å². The number of para-hydroxylation sites is 1. The number of furan rings is 2. The van der Waals surface area contributed by atoms with Crippen LogP contribution in [0.1, 0.15) is 41.6 Å². The summed E-state index contributed by atoms with van der Waals surface area (Å²) >= 11 is 7.01. The highest BCUT2D eigenvalue weighted by molar-refractivity contribution is 7.07. The fourth-order valence-electron chi connectivity index (χ4n) is 4.78. The van der Waals surface area contributed by atoms with E-state index in [1.165, 1.54) is 34.1 Å². The van der Waals surface area contributed by atoms with Gasteiger partial charge in [-0.25, -0.2) is 9.38 Å². The molecule has 1 unspecified atom stereocenters. The summed E-state index contributed by atoms with van der Waals surface area (Å²) in [6.07, 6.45) is 1.62. The number of thiazole rings is 1. The fourth-order valence-corrected chi connectivity index (χ4v) is 5.98. The first-order valence-corrected chi connectivity index (χ1v) is 14.5. The molecule has 1 atom stereocenters.